The summed E-state index contributed by atoms with van der Waals surface area (Å²) in [4.78, 5) is 26.7. The highest BCUT2D eigenvalue weighted by molar-refractivity contribution is 9.10. The number of halogens is 1. The average Bonchev–Trinajstić information content (AvgIpc) is 2.92. The number of ether oxygens (including phenoxy) is 2. The summed E-state index contributed by atoms with van der Waals surface area (Å²) in [5, 5.41) is -0.316. The van der Waals surface area contributed by atoms with Gasteiger partial charge in [-0.15, -0.1) is 0 Å². The van der Waals surface area contributed by atoms with Gasteiger partial charge >= 0.3 is 0 Å². The third kappa shape index (κ3) is 4.42. The van der Waals surface area contributed by atoms with Gasteiger partial charge in [0.05, 0.1) is 23.3 Å². The van der Waals surface area contributed by atoms with Crippen LogP contribution in [0.15, 0.2) is 51.8 Å². The first-order valence-electron chi connectivity index (χ1n) is 8.86. The molecule has 1 aliphatic heterocycles. The lowest BCUT2D eigenvalue weighted by atomic mass is 10.1. The molecule has 2 aromatic rings. The Bertz CT molecular complexity index is 928. The molecule has 0 bridgehead atoms. The fourth-order valence-corrected chi connectivity index (χ4v) is 3.95. The topological polar surface area (TPSA) is 55.8 Å². The summed E-state index contributed by atoms with van der Waals surface area (Å²) in [7, 11) is 0. The molecule has 0 saturated carbocycles. The van der Waals surface area contributed by atoms with Gasteiger partial charge in [0, 0.05) is 4.47 Å². The van der Waals surface area contributed by atoms with Crippen molar-refractivity contribution < 1.29 is 19.1 Å². The number of hydrogen-bond acceptors (Lipinski definition) is 5. The molecule has 0 radical (unpaired) electrons. The van der Waals surface area contributed by atoms with Crippen LogP contribution in [0.25, 0.3) is 6.08 Å². The van der Waals surface area contributed by atoms with Crippen LogP contribution in [0, 0.1) is 0 Å². The number of para-hydroxylation sites is 1. The summed E-state index contributed by atoms with van der Waals surface area (Å²) >= 11 is 4.45. The SMILES string of the molecule is CCOc1cc(/C=C2/SC(=O)N(c3ccccc3)C2=O)c(Br)cc1OC(C)C. The van der Waals surface area contributed by atoms with E-state index in [2.05, 4.69) is 15.9 Å². The van der Waals surface area contributed by atoms with E-state index >= 15 is 0 Å². The molecule has 0 N–H and O–H groups in total. The first-order valence-corrected chi connectivity index (χ1v) is 10.5. The summed E-state index contributed by atoms with van der Waals surface area (Å²) in [6.45, 7) is 6.26. The van der Waals surface area contributed by atoms with Crippen molar-refractivity contribution in [2.45, 2.75) is 26.9 Å². The minimum Gasteiger partial charge on any atom is -0.490 e. The Labute approximate surface area is 176 Å². The summed E-state index contributed by atoms with van der Waals surface area (Å²) < 4.78 is 12.2. The minimum atomic E-state index is -0.339. The molecule has 1 saturated heterocycles. The molecule has 0 atom stereocenters. The molecule has 1 heterocycles. The second-order valence-corrected chi connectivity index (χ2v) is 8.12. The molecule has 2 aromatic carbocycles. The van der Waals surface area contributed by atoms with Crippen LogP contribution in [0.3, 0.4) is 0 Å². The summed E-state index contributed by atoms with van der Waals surface area (Å²) in [6.07, 6.45) is 1.69. The van der Waals surface area contributed by atoms with E-state index in [1.54, 1.807) is 30.3 Å². The monoisotopic (exact) mass is 461 g/mol. The second kappa shape index (κ2) is 8.84. The molecule has 0 aliphatic carbocycles. The number of nitrogens with zero attached hydrogens (tertiary/aromatic N) is 1. The maximum atomic E-state index is 12.8. The van der Waals surface area contributed by atoms with Crippen LogP contribution in [0.2, 0.25) is 0 Å². The van der Waals surface area contributed by atoms with Crippen molar-refractivity contribution in [1.82, 2.24) is 0 Å². The Kier molecular flexibility index (Phi) is 6.46. The molecule has 28 heavy (non-hydrogen) atoms. The normalized spacial score (nSPS) is 15.6. The third-order valence-electron chi connectivity index (χ3n) is 3.82. The van der Waals surface area contributed by atoms with E-state index in [1.807, 2.05) is 39.0 Å². The number of rotatable bonds is 6. The first-order chi connectivity index (χ1) is 13.4. The van der Waals surface area contributed by atoms with Crippen molar-refractivity contribution in [2.24, 2.45) is 0 Å². The molecule has 5 nitrogen and oxygen atoms in total. The van der Waals surface area contributed by atoms with Crippen LogP contribution >= 0.6 is 27.7 Å². The zero-order valence-corrected chi connectivity index (χ0v) is 18.2. The Balaban J connectivity index is 1.96. The van der Waals surface area contributed by atoms with E-state index in [4.69, 9.17) is 9.47 Å². The second-order valence-electron chi connectivity index (χ2n) is 6.27. The largest absolute Gasteiger partial charge is 0.490 e. The number of anilines is 1. The smallest absolute Gasteiger partial charge is 0.298 e. The Hall–Kier alpha value is -2.25. The Morgan fingerprint density at radius 1 is 1.14 bits per heavy atom. The number of imide groups is 1. The van der Waals surface area contributed by atoms with Gasteiger partial charge < -0.3 is 9.47 Å². The van der Waals surface area contributed by atoms with E-state index < -0.39 is 0 Å². The molecular weight excluding hydrogens is 442 g/mol. The van der Waals surface area contributed by atoms with E-state index in [0.717, 1.165) is 21.8 Å². The Morgan fingerprint density at radius 3 is 2.50 bits per heavy atom. The molecule has 0 spiro atoms. The molecule has 7 heteroatoms. The number of thioether (sulfide) groups is 1. The fourth-order valence-electron chi connectivity index (χ4n) is 2.68. The zero-order chi connectivity index (χ0) is 20.3. The fraction of sp³-hybridized carbons (Fsp3) is 0.238. The quantitative estimate of drug-likeness (QED) is 0.502. The van der Waals surface area contributed by atoms with Crippen molar-refractivity contribution in [3.05, 3.63) is 57.4 Å². The molecule has 3 rings (SSSR count). The van der Waals surface area contributed by atoms with Gasteiger partial charge in [-0.05, 0) is 68.4 Å². The highest BCUT2D eigenvalue weighted by atomic mass is 79.9. The standard InChI is InChI=1S/C21H20BrNO4S/c1-4-26-17-10-14(16(22)12-18(17)27-13(2)3)11-19-20(24)23(21(25)28-19)15-8-6-5-7-9-15/h5-13H,4H2,1-3H3/b19-11+. The summed E-state index contributed by atoms with van der Waals surface area (Å²) in [5.41, 5.74) is 1.29. The molecule has 0 aromatic heterocycles. The first kappa shape index (κ1) is 20.5. The van der Waals surface area contributed by atoms with Crippen molar-refractivity contribution in [3.8, 4) is 11.5 Å². The van der Waals surface area contributed by atoms with E-state index in [1.165, 1.54) is 4.90 Å². The van der Waals surface area contributed by atoms with Crippen LogP contribution in [0.1, 0.15) is 26.3 Å². The van der Waals surface area contributed by atoms with Crippen LogP contribution in [-0.2, 0) is 4.79 Å². The van der Waals surface area contributed by atoms with E-state index in [0.29, 0.717) is 28.7 Å². The predicted octanol–water partition coefficient (Wildman–Crippen LogP) is 5.88. The van der Waals surface area contributed by atoms with Gasteiger partial charge in [-0.25, -0.2) is 4.90 Å². The van der Waals surface area contributed by atoms with Gasteiger partial charge in [-0.3, -0.25) is 9.59 Å². The van der Waals surface area contributed by atoms with Crippen molar-refractivity contribution in [2.75, 3.05) is 11.5 Å². The molecule has 2 amide bonds. The summed E-state index contributed by atoms with van der Waals surface area (Å²) in [5.74, 6) is 0.875. The van der Waals surface area contributed by atoms with Crippen molar-refractivity contribution in [1.29, 1.82) is 0 Å². The van der Waals surface area contributed by atoms with Gasteiger partial charge in [-0.2, -0.15) is 0 Å². The zero-order valence-electron chi connectivity index (χ0n) is 15.8. The lowest BCUT2D eigenvalue weighted by Gasteiger charge is -2.16. The van der Waals surface area contributed by atoms with Gasteiger partial charge in [0.15, 0.2) is 11.5 Å². The third-order valence-corrected chi connectivity index (χ3v) is 5.38. The van der Waals surface area contributed by atoms with Gasteiger partial charge in [0.2, 0.25) is 0 Å². The molecule has 1 fully saturated rings. The van der Waals surface area contributed by atoms with Crippen molar-refractivity contribution >= 4 is 50.6 Å². The van der Waals surface area contributed by atoms with Crippen LogP contribution < -0.4 is 14.4 Å². The number of hydrogen-bond donors (Lipinski definition) is 0. The van der Waals surface area contributed by atoms with Gasteiger partial charge in [0.25, 0.3) is 11.1 Å². The highest BCUT2D eigenvalue weighted by Crippen LogP contribution is 2.39. The molecule has 1 aliphatic rings. The lowest BCUT2D eigenvalue weighted by molar-refractivity contribution is -0.113. The average molecular weight is 462 g/mol. The molecular formula is C21H20BrNO4S. The van der Waals surface area contributed by atoms with Crippen LogP contribution in [-0.4, -0.2) is 23.9 Å². The van der Waals surface area contributed by atoms with Crippen LogP contribution in [0.4, 0.5) is 10.5 Å². The lowest BCUT2D eigenvalue weighted by Crippen LogP contribution is -2.27. The maximum Gasteiger partial charge on any atom is 0.298 e. The van der Waals surface area contributed by atoms with Gasteiger partial charge in [0.1, 0.15) is 0 Å². The molecule has 146 valence electrons. The highest BCUT2D eigenvalue weighted by Gasteiger charge is 2.36. The number of amides is 2. The summed E-state index contributed by atoms with van der Waals surface area (Å²) in [6, 6.07) is 12.5. The predicted molar refractivity (Wildman–Crippen MR) is 116 cm³/mol. The molecule has 0 unspecified atom stereocenters. The number of carbonyl (C=O) groups is 2. The van der Waals surface area contributed by atoms with Crippen molar-refractivity contribution in [3.63, 3.8) is 0 Å². The minimum absolute atomic E-state index is 0.000622. The van der Waals surface area contributed by atoms with E-state index in [-0.39, 0.29) is 17.3 Å². The van der Waals surface area contributed by atoms with E-state index in [9.17, 15) is 9.59 Å². The van der Waals surface area contributed by atoms with Gasteiger partial charge in [-0.1, -0.05) is 34.1 Å². The number of benzene rings is 2. The number of carbonyl (C=O) groups excluding carboxylic acids is 2. The Morgan fingerprint density at radius 2 is 1.86 bits per heavy atom. The van der Waals surface area contributed by atoms with Crippen LogP contribution in [0.5, 0.6) is 11.5 Å². The maximum absolute atomic E-state index is 12.8.